The Kier molecular flexibility index (Phi) is 5.09. The number of hydrazone groups is 1. The van der Waals surface area contributed by atoms with Crippen LogP contribution in [0.5, 0.6) is 5.75 Å². The van der Waals surface area contributed by atoms with Gasteiger partial charge in [-0.3, -0.25) is 9.59 Å². The summed E-state index contributed by atoms with van der Waals surface area (Å²) in [5.74, 6) is -1.68. The molecule has 23 heavy (non-hydrogen) atoms. The zero-order chi connectivity index (χ0) is 16.8. The lowest BCUT2D eigenvalue weighted by molar-refractivity contribution is -0.136. The Labute approximate surface area is 133 Å². The van der Waals surface area contributed by atoms with Crippen molar-refractivity contribution in [1.82, 2.24) is 5.43 Å². The molecule has 2 aromatic rings. The number of phenolic OH excluding ortho intramolecular Hbond substituents is 1. The fourth-order valence-corrected chi connectivity index (χ4v) is 1.81. The first-order valence-electron chi connectivity index (χ1n) is 6.97. The highest BCUT2D eigenvalue weighted by molar-refractivity contribution is 6.39. The number of carbonyl (C=O) groups excluding carboxylic acids is 2. The number of carbonyl (C=O) groups is 2. The lowest BCUT2D eigenvalue weighted by Crippen LogP contribution is -2.32. The van der Waals surface area contributed by atoms with Crippen LogP contribution in [0.25, 0.3) is 0 Å². The highest BCUT2D eigenvalue weighted by atomic mass is 16.3. The second kappa shape index (κ2) is 7.22. The number of benzene rings is 2. The number of aromatic hydroxyl groups is 1. The normalized spacial score (nSPS) is 10.5. The lowest BCUT2D eigenvalue weighted by Gasteiger charge is -2.06. The van der Waals surface area contributed by atoms with Crippen molar-refractivity contribution in [3.63, 3.8) is 0 Å². The highest BCUT2D eigenvalue weighted by Gasteiger charge is 2.13. The third-order valence-electron chi connectivity index (χ3n) is 3.28. The Morgan fingerprint density at radius 3 is 2.48 bits per heavy atom. The van der Waals surface area contributed by atoms with E-state index in [9.17, 15) is 14.7 Å². The van der Waals surface area contributed by atoms with Gasteiger partial charge in [0.25, 0.3) is 0 Å². The van der Waals surface area contributed by atoms with E-state index in [4.69, 9.17) is 0 Å². The Balaban J connectivity index is 1.94. The molecule has 0 saturated heterocycles. The molecule has 0 heterocycles. The molecule has 3 N–H and O–H groups in total. The maximum atomic E-state index is 11.8. The summed E-state index contributed by atoms with van der Waals surface area (Å²) in [5, 5.41) is 15.7. The molecule has 0 unspecified atom stereocenters. The first-order valence-corrected chi connectivity index (χ1v) is 6.97. The molecule has 2 rings (SSSR count). The molecule has 0 radical (unpaired) electrons. The SMILES string of the molecule is Cc1ccc(NC(=O)C(=O)N/N=C/c2ccccc2O)cc1C. The molecule has 0 aromatic heterocycles. The van der Waals surface area contributed by atoms with Gasteiger partial charge in [0.1, 0.15) is 5.75 Å². The Morgan fingerprint density at radius 2 is 1.78 bits per heavy atom. The van der Waals surface area contributed by atoms with E-state index < -0.39 is 11.8 Å². The van der Waals surface area contributed by atoms with Gasteiger partial charge < -0.3 is 10.4 Å². The summed E-state index contributed by atoms with van der Waals surface area (Å²) in [6.45, 7) is 3.88. The van der Waals surface area contributed by atoms with E-state index in [1.807, 2.05) is 19.9 Å². The van der Waals surface area contributed by atoms with Crippen LogP contribution in [0.4, 0.5) is 5.69 Å². The summed E-state index contributed by atoms with van der Waals surface area (Å²) < 4.78 is 0. The largest absolute Gasteiger partial charge is 0.507 e. The zero-order valence-electron chi connectivity index (χ0n) is 12.8. The van der Waals surface area contributed by atoms with Crippen molar-refractivity contribution in [2.24, 2.45) is 5.10 Å². The van der Waals surface area contributed by atoms with Crippen molar-refractivity contribution in [2.75, 3.05) is 5.32 Å². The molecule has 0 bridgehead atoms. The van der Waals surface area contributed by atoms with Gasteiger partial charge in [-0.05, 0) is 49.2 Å². The number of aryl methyl sites for hydroxylation is 2. The number of rotatable bonds is 3. The highest BCUT2D eigenvalue weighted by Crippen LogP contribution is 2.14. The molecule has 0 spiro atoms. The summed E-state index contributed by atoms with van der Waals surface area (Å²) in [4.78, 5) is 23.4. The number of anilines is 1. The standard InChI is InChI=1S/C17H17N3O3/c1-11-7-8-14(9-12(11)2)19-16(22)17(23)20-18-10-13-5-3-4-6-15(13)21/h3-10,21H,1-2H3,(H,19,22)(H,20,23)/b18-10+. The molecular weight excluding hydrogens is 294 g/mol. The third-order valence-corrected chi connectivity index (χ3v) is 3.28. The molecule has 0 fully saturated rings. The van der Waals surface area contributed by atoms with E-state index in [1.54, 1.807) is 30.3 Å². The van der Waals surface area contributed by atoms with Crippen LogP contribution in [0.3, 0.4) is 0 Å². The number of nitrogens with zero attached hydrogens (tertiary/aromatic N) is 1. The lowest BCUT2D eigenvalue weighted by atomic mass is 10.1. The quantitative estimate of drug-likeness (QED) is 0.460. The Hall–Kier alpha value is -3.15. The van der Waals surface area contributed by atoms with Crippen LogP contribution in [-0.2, 0) is 9.59 Å². The summed E-state index contributed by atoms with van der Waals surface area (Å²) >= 11 is 0. The fourth-order valence-electron chi connectivity index (χ4n) is 1.81. The molecule has 0 atom stereocenters. The molecule has 0 saturated carbocycles. The average molecular weight is 311 g/mol. The molecule has 0 aliphatic rings. The van der Waals surface area contributed by atoms with Gasteiger partial charge in [0.15, 0.2) is 0 Å². The summed E-state index contributed by atoms with van der Waals surface area (Å²) in [6, 6.07) is 11.9. The molecule has 6 nitrogen and oxygen atoms in total. The number of hydrogen-bond acceptors (Lipinski definition) is 4. The van der Waals surface area contributed by atoms with Crippen LogP contribution in [0.2, 0.25) is 0 Å². The zero-order valence-corrected chi connectivity index (χ0v) is 12.8. The van der Waals surface area contributed by atoms with Crippen molar-refractivity contribution in [2.45, 2.75) is 13.8 Å². The van der Waals surface area contributed by atoms with Gasteiger partial charge in [-0.2, -0.15) is 5.10 Å². The predicted octanol–water partition coefficient (Wildman–Crippen LogP) is 2.10. The van der Waals surface area contributed by atoms with E-state index in [-0.39, 0.29) is 5.75 Å². The third kappa shape index (κ3) is 4.41. The molecule has 0 aliphatic carbocycles. The first kappa shape index (κ1) is 16.2. The second-order valence-electron chi connectivity index (χ2n) is 5.01. The number of nitrogens with one attached hydrogen (secondary N) is 2. The Morgan fingerprint density at radius 1 is 1.04 bits per heavy atom. The van der Waals surface area contributed by atoms with E-state index in [1.165, 1.54) is 12.3 Å². The molecule has 6 heteroatoms. The van der Waals surface area contributed by atoms with Crippen LogP contribution in [-0.4, -0.2) is 23.1 Å². The van der Waals surface area contributed by atoms with Crippen LogP contribution in [0.15, 0.2) is 47.6 Å². The van der Waals surface area contributed by atoms with E-state index in [0.717, 1.165) is 11.1 Å². The van der Waals surface area contributed by atoms with Crippen molar-refractivity contribution in [3.05, 3.63) is 59.2 Å². The van der Waals surface area contributed by atoms with Crippen molar-refractivity contribution in [1.29, 1.82) is 0 Å². The second-order valence-corrected chi connectivity index (χ2v) is 5.01. The minimum Gasteiger partial charge on any atom is -0.507 e. The molecule has 118 valence electrons. The number of phenols is 1. The van der Waals surface area contributed by atoms with Crippen molar-refractivity contribution < 1.29 is 14.7 Å². The molecule has 2 amide bonds. The van der Waals surface area contributed by atoms with E-state index >= 15 is 0 Å². The predicted molar refractivity (Wildman–Crippen MR) is 88.4 cm³/mol. The average Bonchev–Trinajstić information content (AvgIpc) is 2.52. The number of para-hydroxylation sites is 1. The Bertz CT molecular complexity index is 769. The first-order chi connectivity index (χ1) is 11.0. The topological polar surface area (TPSA) is 90.8 Å². The smallest absolute Gasteiger partial charge is 0.329 e. The maximum absolute atomic E-state index is 11.8. The summed E-state index contributed by atoms with van der Waals surface area (Å²) in [6.07, 6.45) is 1.26. The molecule has 2 aromatic carbocycles. The van der Waals surface area contributed by atoms with Gasteiger partial charge in [0, 0.05) is 11.3 Å². The number of hydrogen-bond donors (Lipinski definition) is 3. The van der Waals surface area contributed by atoms with Gasteiger partial charge in [0.05, 0.1) is 6.21 Å². The van der Waals surface area contributed by atoms with Crippen LogP contribution < -0.4 is 10.7 Å². The fraction of sp³-hybridized carbons (Fsp3) is 0.118. The minimum absolute atomic E-state index is 0.0325. The maximum Gasteiger partial charge on any atom is 0.329 e. The van der Waals surface area contributed by atoms with Gasteiger partial charge in [0.2, 0.25) is 0 Å². The van der Waals surface area contributed by atoms with Gasteiger partial charge in [-0.25, -0.2) is 5.43 Å². The summed E-state index contributed by atoms with van der Waals surface area (Å²) in [5.41, 5.74) is 5.20. The van der Waals surface area contributed by atoms with E-state index in [2.05, 4.69) is 15.8 Å². The van der Waals surface area contributed by atoms with Crippen LogP contribution in [0, 0.1) is 13.8 Å². The van der Waals surface area contributed by atoms with Crippen molar-refractivity contribution >= 4 is 23.7 Å². The minimum atomic E-state index is -0.894. The van der Waals surface area contributed by atoms with Crippen LogP contribution >= 0.6 is 0 Å². The van der Waals surface area contributed by atoms with E-state index in [0.29, 0.717) is 11.3 Å². The van der Waals surface area contributed by atoms with Crippen molar-refractivity contribution in [3.8, 4) is 5.75 Å². The van der Waals surface area contributed by atoms with Crippen LogP contribution in [0.1, 0.15) is 16.7 Å². The monoisotopic (exact) mass is 311 g/mol. The molecular formula is C17H17N3O3. The summed E-state index contributed by atoms with van der Waals surface area (Å²) in [7, 11) is 0. The number of amides is 2. The van der Waals surface area contributed by atoms with Gasteiger partial charge in [-0.15, -0.1) is 0 Å². The van der Waals surface area contributed by atoms with Gasteiger partial charge in [-0.1, -0.05) is 18.2 Å². The molecule has 0 aliphatic heterocycles. The van der Waals surface area contributed by atoms with Gasteiger partial charge >= 0.3 is 11.8 Å².